The van der Waals surface area contributed by atoms with E-state index in [0.29, 0.717) is 20.9 Å². The molecule has 1 atom stereocenters. The third kappa shape index (κ3) is 3.49. The van der Waals surface area contributed by atoms with E-state index in [9.17, 15) is 9.90 Å². The average molecular weight is 438 g/mol. The number of nitrogens with zero attached hydrogens (tertiary/aromatic N) is 1. The number of aromatic nitrogens is 1. The van der Waals surface area contributed by atoms with Crippen molar-refractivity contribution in [1.82, 2.24) is 4.98 Å². The minimum Gasteiger partial charge on any atom is -0.478 e. The molecule has 0 radical (unpaired) electrons. The highest BCUT2D eigenvalue weighted by Gasteiger charge is 2.26. The van der Waals surface area contributed by atoms with Crippen molar-refractivity contribution in [2.45, 2.75) is 20.0 Å². The number of rotatable bonds is 4. The van der Waals surface area contributed by atoms with Crippen LogP contribution in [0.3, 0.4) is 0 Å². The van der Waals surface area contributed by atoms with E-state index in [1.165, 1.54) is 0 Å². The SMILES string of the molecule is CC(C)C(Oc1c(Br)cc(Br)c2ccc(Cl)nc12)C(=O)O. The first-order chi connectivity index (χ1) is 9.81. The van der Waals surface area contributed by atoms with Gasteiger partial charge in [0.2, 0.25) is 0 Å². The maximum atomic E-state index is 11.3. The Hall–Kier alpha value is -0.850. The molecule has 0 aliphatic heterocycles. The molecular weight excluding hydrogens is 425 g/mol. The van der Waals surface area contributed by atoms with Crippen LogP contribution in [-0.4, -0.2) is 22.2 Å². The van der Waals surface area contributed by atoms with Gasteiger partial charge in [-0.25, -0.2) is 9.78 Å². The van der Waals surface area contributed by atoms with Crippen molar-refractivity contribution >= 4 is 60.3 Å². The number of ether oxygens (including phenoxy) is 1. The van der Waals surface area contributed by atoms with Crippen LogP contribution in [0.15, 0.2) is 27.1 Å². The minimum atomic E-state index is -1.02. The second kappa shape index (κ2) is 6.50. The van der Waals surface area contributed by atoms with E-state index >= 15 is 0 Å². The summed E-state index contributed by atoms with van der Waals surface area (Å²) < 4.78 is 7.13. The van der Waals surface area contributed by atoms with Crippen LogP contribution in [0.1, 0.15) is 13.8 Å². The second-order valence-corrected chi connectivity index (χ2v) is 6.92. The van der Waals surface area contributed by atoms with Gasteiger partial charge >= 0.3 is 5.97 Å². The molecule has 1 N–H and O–H groups in total. The van der Waals surface area contributed by atoms with E-state index < -0.39 is 12.1 Å². The first kappa shape index (κ1) is 16.5. The monoisotopic (exact) mass is 435 g/mol. The zero-order valence-electron chi connectivity index (χ0n) is 11.2. The molecule has 0 amide bonds. The topological polar surface area (TPSA) is 59.4 Å². The Labute approximate surface area is 143 Å². The van der Waals surface area contributed by atoms with Gasteiger partial charge in [0.1, 0.15) is 10.7 Å². The number of hydrogen-bond acceptors (Lipinski definition) is 3. The van der Waals surface area contributed by atoms with Crippen LogP contribution in [0, 0.1) is 5.92 Å². The summed E-state index contributed by atoms with van der Waals surface area (Å²) in [6.07, 6.45) is -0.966. The Morgan fingerprint density at radius 3 is 2.57 bits per heavy atom. The number of halogens is 3. The van der Waals surface area contributed by atoms with Gasteiger partial charge in [-0.2, -0.15) is 0 Å². The Morgan fingerprint density at radius 1 is 1.33 bits per heavy atom. The molecule has 0 saturated carbocycles. The third-order valence-corrected chi connectivity index (χ3v) is 4.35. The first-order valence-corrected chi connectivity index (χ1v) is 8.11. The van der Waals surface area contributed by atoms with Crippen LogP contribution < -0.4 is 4.74 Å². The molecule has 0 fully saturated rings. The Bertz CT molecular complexity index is 706. The van der Waals surface area contributed by atoms with E-state index in [4.69, 9.17) is 16.3 Å². The van der Waals surface area contributed by atoms with E-state index in [-0.39, 0.29) is 5.92 Å². The molecule has 21 heavy (non-hydrogen) atoms. The molecule has 2 rings (SSSR count). The minimum absolute atomic E-state index is 0.188. The predicted octanol–water partition coefficient (Wildman–Crippen LogP) is 4.90. The number of fused-ring (bicyclic) bond motifs is 1. The number of carbonyl (C=O) groups is 1. The summed E-state index contributed by atoms with van der Waals surface area (Å²) in [4.78, 5) is 15.6. The summed E-state index contributed by atoms with van der Waals surface area (Å²) in [5.74, 6) is -0.834. The van der Waals surface area contributed by atoms with Crippen LogP contribution in [0.4, 0.5) is 0 Å². The van der Waals surface area contributed by atoms with Gasteiger partial charge in [-0.3, -0.25) is 0 Å². The standard InChI is InChI=1S/C14H12Br2ClNO3/c1-6(2)12(14(19)20)21-13-9(16)5-8(15)7-3-4-10(17)18-11(7)13/h3-6,12H,1-2H3,(H,19,20). The maximum Gasteiger partial charge on any atom is 0.345 e. The fraction of sp³-hybridized carbons (Fsp3) is 0.286. The number of aliphatic carboxylic acids is 1. The molecule has 7 heteroatoms. The van der Waals surface area contributed by atoms with Gasteiger partial charge < -0.3 is 9.84 Å². The molecule has 0 bridgehead atoms. The third-order valence-electron chi connectivity index (χ3n) is 2.90. The van der Waals surface area contributed by atoms with Crippen molar-refractivity contribution in [2.75, 3.05) is 0 Å². The summed E-state index contributed by atoms with van der Waals surface area (Å²) in [6, 6.07) is 5.27. The molecule has 112 valence electrons. The highest BCUT2D eigenvalue weighted by Crippen LogP contribution is 2.39. The largest absolute Gasteiger partial charge is 0.478 e. The smallest absolute Gasteiger partial charge is 0.345 e. The van der Waals surface area contributed by atoms with E-state index in [2.05, 4.69) is 36.8 Å². The maximum absolute atomic E-state index is 11.3. The molecule has 2 aromatic rings. The van der Waals surface area contributed by atoms with Crippen LogP contribution in [0.5, 0.6) is 5.75 Å². The fourth-order valence-corrected chi connectivity index (χ4v) is 3.39. The second-order valence-electron chi connectivity index (χ2n) is 4.82. The predicted molar refractivity (Wildman–Crippen MR) is 89.0 cm³/mol. The van der Waals surface area contributed by atoms with Gasteiger partial charge in [-0.1, -0.05) is 41.4 Å². The van der Waals surface area contributed by atoms with Crippen molar-refractivity contribution in [1.29, 1.82) is 0 Å². The van der Waals surface area contributed by atoms with Crippen LogP contribution in [0.2, 0.25) is 5.15 Å². The number of hydrogen-bond donors (Lipinski definition) is 1. The highest BCUT2D eigenvalue weighted by atomic mass is 79.9. The number of carboxylic acid groups (broad SMARTS) is 1. The van der Waals surface area contributed by atoms with Crippen molar-refractivity contribution < 1.29 is 14.6 Å². The Balaban J connectivity index is 2.62. The van der Waals surface area contributed by atoms with Crippen molar-refractivity contribution in [3.63, 3.8) is 0 Å². The van der Waals surface area contributed by atoms with Crippen molar-refractivity contribution in [3.8, 4) is 5.75 Å². The van der Waals surface area contributed by atoms with Gasteiger partial charge in [0, 0.05) is 15.8 Å². The molecule has 0 aliphatic rings. The molecule has 4 nitrogen and oxygen atoms in total. The number of carboxylic acids is 1. The van der Waals surface area contributed by atoms with Crippen molar-refractivity contribution in [2.24, 2.45) is 5.92 Å². The highest BCUT2D eigenvalue weighted by molar-refractivity contribution is 9.11. The number of pyridine rings is 1. The quantitative estimate of drug-likeness (QED) is 0.691. The molecule has 1 heterocycles. The Kier molecular flexibility index (Phi) is 5.11. The molecule has 1 aromatic heterocycles. The van der Waals surface area contributed by atoms with E-state index in [0.717, 1.165) is 9.86 Å². The normalized spacial score (nSPS) is 12.7. The lowest BCUT2D eigenvalue weighted by Gasteiger charge is -2.20. The first-order valence-electron chi connectivity index (χ1n) is 6.15. The molecule has 0 spiro atoms. The summed E-state index contributed by atoms with van der Waals surface area (Å²) in [7, 11) is 0. The molecule has 0 saturated heterocycles. The lowest BCUT2D eigenvalue weighted by Crippen LogP contribution is -2.32. The summed E-state index contributed by atoms with van der Waals surface area (Å²) in [5, 5.41) is 10.4. The number of benzene rings is 1. The Morgan fingerprint density at radius 2 is 2.00 bits per heavy atom. The van der Waals surface area contributed by atoms with Gasteiger partial charge in [0.25, 0.3) is 0 Å². The fourth-order valence-electron chi connectivity index (χ4n) is 1.88. The zero-order chi connectivity index (χ0) is 15.7. The summed E-state index contributed by atoms with van der Waals surface area (Å²) in [6.45, 7) is 3.57. The van der Waals surface area contributed by atoms with E-state index in [1.54, 1.807) is 32.0 Å². The molecule has 1 unspecified atom stereocenters. The molecule has 0 aliphatic carbocycles. The van der Waals surface area contributed by atoms with Crippen molar-refractivity contribution in [3.05, 3.63) is 32.3 Å². The van der Waals surface area contributed by atoms with Gasteiger partial charge in [0.15, 0.2) is 11.9 Å². The van der Waals surface area contributed by atoms with Crippen LogP contribution in [0.25, 0.3) is 10.9 Å². The molecule has 1 aromatic carbocycles. The van der Waals surface area contributed by atoms with Gasteiger partial charge in [-0.15, -0.1) is 0 Å². The summed E-state index contributed by atoms with van der Waals surface area (Å²) >= 11 is 12.8. The van der Waals surface area contributed by atoms with Crippen LogP contribution in [-0.2, 0) is 4.79 Å². The van der Waals surface area contributed by atoms with E-state index in [1.807, 2.05) is 0 Å². The lowest BCUT2D eigenvalue weighted by atomic mass is 10.1. The lowest BCUT2D eigenvalue weighted by molar-refractivity contribution is -0.147. The molecular formula is C14H12Br2ClNO3. The van der Waals surface area contributed by atoms with Crippen LogP contribution >= 0.6 is 43.5 Å². The van der Waals surface area contributed by atoms with Gasteiger partial charge in [0.05, 0.1) is 4.47 Å². The average Bonchev–Trinajstić information content (AvgIpc) is 2.37. The summed E-state index contributed by atoms with van der Waals surface area (Å²) in [5.41, 5.74) is 0.510. The van der Waals surface area contributed by atoms with Gasteiger partial charge in [-0.05, 0) is 34.1 Å². The zero-order valence-corrected chi connectivity index (χ0v) is 15.2.